The molecule has 1 aromatic heterocycles. The molecule has 3 aromatic rings. The summed E-state index contributed by atoms with van der Waals surface area (Å²) >= 11 is 1.52. The van der Waals surface area contributed by atoms with Crippen LogP contribution in [0.3, 0.4) is 0 Å². The maximum absolute atomic E-state index is 12.6. The van der Waals surface area contributed by atoms with E-state index >= 15 is 0 Å². The standard InChI is InChI=1S/C23H22O4S/c1-25-20-13-10-17(22(26-2)23(20)27-3)9-12-19(24)21-14-11-18(28-21)15-16-7-5-4-6-8-16/h4-14H,15H2,1-3H3/b12-9+. The van der Waals surface area contributed by atoms with Crippen LogP contribution in [0, 0.1) is 0 Å². The smallest absolute Gasteiger partial charge is 0.203 e. The largest absolute Gasteiger partial charge is 0.493 e. The van der Waals surface area contributed by atoms with Crippen molar-refractivity contribution in [3.63, 3.8) is 0 Å². The van der Waals surface area contributed by atoms with Gasteiger partial charge in [0, 0.05) is 16.9 Å². The van der Waals surface area contributed by atoms with Gasteiger partial charge in [-0.15, -0.1) is 11.3 Å². The molecule has 0 aliphatic rings. The summed E-state index contributed by atoms with van der Waals surface area (Å²) in [6.07, 6.45) is 4.12. The fourth-order valence-electron chi connectivity index (χ4n) is 2.91. The van der Waals surface area contributed by atoms with E-state index in [9.17, 15) is 4.79 Å². The minimum absolute atomic E-state index is 0.0406. The number of hydrogen-bond donors (Lipinski definition) is 0. The van der Waals surface area contributed by atoms with Crippen LogP contribution in [-0.4, -0.2) is 27.1 Å². The maximum atomic E-state index is 12.6. The first-order chi connectivity index (χ1) is 13.7. The molecule has 0 bridgehead atoms. The van der Waals surface area contributed by atoms with Crippen LogP contribution in [0.4, 0.5) is 0 Å². The van der Waals surface area contributed by atoms with Crippen molar-refractivity contribution in [2.45, 2.75) is 6.42 Å². The molecule has 0 aliphatic carbocycles. The number of ether oxygens (including phenoxy) is 3. The molecule has 0 atom stereocenters. The molecule has 0 N–H and O–H groups in total. The van der Waals surface area contributed by atoms with Gasteiger partial charge in [0.1, 0.15) is 0 Å². The molecule has 0 saturated carbocycles. The minimum Gasteiger partial charge on any atom is -0.493 e. The van der Waals surface area contributed by atoms with E-state index in [1.807, 2.05) is 36.4 Å². The Morgan fingerprint density at radius 3 is 2.32 bits per heavy atom. The van der Waals surface area contributed by atoms with E-state index in [1.165, 1.54) is 16.9 Å². The molecule has 0 spiro atoms. The van der Waals surface area contributed by atoms with E-state index in [0.717, 1.165) is 16.9 Å². The van der Waals surface area contributed by atoms with Crippen molar-refractivity contribution in [3.8, 4) is 17.2 Å². The van der Waals surface area contributed by atoms with Gasteiger partial charge in [-0.1, -0.05) is 30.3 Å². The first-order valence-electron chi connectivity index (χ1n) is 8.80. The Morgan fingerprint density at radius 2 is 1.64 bits per heavy atom. The summed E-state index contributed by atoms with van der Waals surface area (Å²) in [5.74, 6) is 1.57. The third kappa shape index (κ3) is 4.43. The van der Waals surface area contributed by atoms with Gasteiger partial charge in [-0.2, -0.15) is 0 Å². The molecule has 0 saturated heterocycles. The van der Waals surface area contributed by atoms with Crippen LogP contribution in [0.15, 0.2) is 60.7 Å². The van der Waals surface area contributed by atoms with Gasteiger partial charge in [0.05, 0.1) is 26.2 Å². The van der Waals surface area contributed by atoms with Gasteiger partial charge in [0.25, 0.3) is 0 Å². The Balaban J connectivity index is 1.77. The first kappa shape index (κ1) is 19.7. The summed E-state index contributed by atoms with van der Waals surface area (Å²) in [5.41, 5.74) is 1.98. The molecule has 0 radical (unpaired) electrons. The lowest BCUT2D eigenvalue weighted by molar-refractivity contribution is 0.105. The monoisotopic (exact) mass is 394 g/mol. The number of benzene rings is 2. The normalized spacial score (nSPS) is 10.8. The summed E-state index contributed by atoms with van der Waals surface area (Å²) in [5, 5.41) is 0. The maximum Gasteiger partial charge on any atom is 0.203 e. The van der Waals surface area contributed by atoms with Crippen molar-refractivity contribution in [3.05, 3.63) is 81.6 Å². The summed E-state index contributed by atoms with van der Waals surface area (Å²) in [4.78, 5) is 14.5. The second-order valence-electron chi connectivity index (χ2n) is 6.05. The lowest BCUT2D eigenvalue weighted by Crippen LogP contribution is -1.97. The van der Waals surface area contributed by atoms with E-state index in [0.29, 0.717) is 22.1 Å². The first-order valence-corrected chi connectivity index (χ1v) is 9.62. The van der Waals surface area contributed by atoms with Crippen molar-refractivity contribution < 1.29 is 19.0 Å². The van der Waals surface area contributed by atoms with Crippen molar-refractivity contribution in [1.82, 2.24) is 0 Å². The van der Waals surface area contributed by atoms with Crippen LogP contribution in [-0.2, 0) is 6.42 Å². The molecule has 0 aliphatic heterocycles. The lowest BCUT2D eigenvalue weighted by atomic mass is 10.1. The van der Waals surface area contributed by atoms with E-state index in [4.69, 9.17) is 14.2 Å². The summed E-state index contributed by atoms with van der Waals surface area (Å²) in [6, 6.07) is 17.7. The van der Waals surface area contributed by atoms with Crippen LogP contribution in [0.25, 0.3) is 6.08 Å². The number of methoxy groups -OCH3 is 3. The van der Waals surface area contributed by atoms with E-state index < -0.39 is 0 Å². The Labute approximate surface area is 169 Å². The molecule has 4 nitrogen and oxygen atoms in total. The van der Waals surface area contributed by atoms with Crippen LogP contribution < -0.4 is 14.2 Å². The van der Waals surface area contributed by atoms with Crippen LogP contribution in [0.5, 0.6) is 17.2 Å². The number of thiophene rings is 1. The Hall–Kier alpha value is -3.05. The fourth-order valence-corrected chi connectivity index (χ4v) is 3.87. The second-order valence-corrected chi connectivity index (χ2v) is 7.22. The zero-order chi connectivity index (χ0) is 19.9. The molecule has 144 valence electrons. The zero-order valence-corrected chi connectivity index (χ0v) is 16.9. The molecule has 0 unspecified atom stereocenters. The highest BCUT2D eigenvalue weighted by Crippen LogP contribution is 2.40. The van der Waals surface area contributed by atoms with Gasteiger partial charge in [-0.05, 0) is 42.0 Å². The average Bonchev–Trinajstić information content (AvgIpc) is 3.20. The van der Waals surface area contributed by atoms with Crippen LogP contribution >= 0.6 is 11.3 Å². The van der Waals surface area contributed by atoms with Crippen molar-refractivity contribution in [2.24, 2.45) is 0 Å². The fraction of sp³-hybridized carbons (Fsp3) is 0.174. The van der Waals surface area contributed by atoms with Crippen LogP contribution in [0.1, 0.15) is 25.7 Å². The predicted octanol–water partition coefficient (Wildman–Crippen LogP) is 5.26. The number of carbonyl (C=O) groups excluding carboxylic acids is 1. The van der Waals surface area contributed by atoms with Gasteiger partial charge < -0.3 is 14.2 Å². The van der Waals surface area contributed by atoms with Gasteiger partial charge in [-0.3, -0.25) is 4.79 Å². The number of ketones is 1. The summed E-state index contributed by atoms with van der Waals surface area (Å²) < 4.78 is 16.1. The Kier molecular flexibility index (Phi) is 6.50. The van der Waals surface area contributed by atoms with Gasteiger partial charge in [0.15, 0.2) is 17.3 Å². The van der Waals surface area contributed by atoms with Crippen molar-refractivity contribution in [2.75, 3.05) is 21.3 Å². The molecular formula is C23H22O4S. The quantitative estimate of drug-likeness (QED) is 0.386. The van der Waals surface area contributed by atoms with Gasteiger partial charge in [-0.25, -0.2) is 0 Å². The van der Waals surface area contributed by atoms with Gasteiger partial charge in [0.2, 0.25) is 5.75 Å². The highest BCUT2D eigenvalue weighted by Gasteiger charge is 2.15. The molecule has 1 heterocycles. The predicted molar refractivity (Wildman–Crippen MR) is 113 cm³/mol. The lowest BCUT2D eigenvalue weighted by Gasteiger charge is -2.13. The average molecular weight is 394 g/mol. The number of allylic oxidation sites excluding steroid dienone is 1. The van der Waals surface area contributed by atoms with E-state index in [1.54, 1.807) is 39.5 Å². The van der Waals surface area contributed by atoms with E-state index in [-0.39, 0.29) is 5.78 Å². The number of carbonyl (C=O) groups is 1. The molecule has 3 rings (SSSR count). The minimum atomic E-state index is -0.0406. The molecule has 2 aromatic carbocycles. The second kappa shape index (κ2) is 9.24. The van der Waals surface area contributed by atoms with Crippen molar-refractivity contribution in [1.29, 1.82) is 0 Å². The van der Waals surface area contributed by atoms with Crippen molar-refractivity contribution >= 4 is 23.2 Å². The highest BCUT2D eigenvalue weighted by atomic mass is 32.1. The third-order valence-electron chi connectivity index (χ3n) is 4.27. The SMILES string of the molecule is COc1ccc(/C=C/C(=O)c2ccc(Cc3ccccc3)s2)c(OC)c1OC. The Bertz CT molecular complexity index is 974. The summed E-state index contributed by atoms with van der Waals surface area (Å²) in [6.45, 7) is 0. The molecule has 0 amide bonds. The van der Waals surface area contributed by atoms with Gasteiger partial charge >= 0.3 is 0 Å². The van der Waals surface area contributed by atoms with E-state index in [2.05, 4.69) is 12.1 Å². The zero-order valence-electron chi connectivity index (χ0n) is 16.1. The number of hydrogen-bond acceptors (Lipinski definition) is 5. The molecule has 5 heteroatoms. The third-order valence-corrected chi connectivity index (χ3v) is 5.37. The molecular weight excluding hydrogens is 372 g/mol. The highest BCUT2D eigenvalue weighted by molar-refractivity contribution is 7.14. The summed E-state index contributed by atoms with van der Waals surface area (Å²) in [7, 11) is 4.69. The molecule has 0 fully saturated rings. The Morgan fingerprint density at radius 1 is 0.893 bits per heavy atom. The van der Waals surface area contributed by atoms with Crippen LogP contribution in [0.2, 0.25) is 0 Å². The topological polar surface area (TPSA) is 44.8 Å². The number of rotatable bonds is 8. The molecule has 28 heavy (non-hydrogen) atoms.